The monoisotopic (exact) mass is 483 g/mol. The molecule has 9 nitrogen and oxygen atoms in total. The van der Waals surface area contributed by atoms with E-state index in [1.807, 2.05) is 30.3 Å². The molecule has 1 atom stereocenters. The highest BCUT2D eigenvalue weighted by molar-refractivity contribution is 7.15. The molecule has 0 bridgehead atoms. The van der Waals surface area contributed by atoms with Crippen LogP contribution in [0.4, 0.5) is 0 Å². The molecule has 1 unspecified atom stereocenters. The summed E-state index contributed by atoms with van der Waals surface area (Å²) in [5.74, 6) is -1.13. The van der Waals surface area contributed by atoms with Gasteiger partial charge >= 0.3 is 17.9 Å². The Labute approximate surface area is 199 Å². The van der Waals surface area contributed by atoms with Gasteiger partial charge in [-0.1, -0.05) is 30.3 Å². The zero-order valence-electron chi connectivity index (χ0n) is 18.7. The summed E-state index contributed by atoms with van der Waals surface area (Å²) in [6, 6.07) is 12.6. The first-order valence-electron chi connectivity index (χ1n) is 10.3. The van der Waals surface area contributed by atoms with Gasteiger partial charge in [0.2, 0.25) is 5.88 Å². The van der Waals surface area contributed by atoms with E-state index in [0.717, 1.165) is 10.4 Å². The summed E-state index contributed by atoms with van der Waals surface area (Å²) in [6.45, 7) is 1.18. The molecule has 2 heterocycles. The second-order valence-electron chi connectivity index (χ2n) is 7.27. The van der Waals surface area contributed by atoms with Crippen molar-refractivity contribution in [2.75, 3.05) is 20.8 Å². The van der Waals surface area contributed by atoms with E-state index in [4.69, 9.17) is 23.7 Å². The van der Waals surface area contributed by atoms with E-state index >= 15 is 0 Å². The number of fused-ring (bicyclic) bond motifs is 1. The third-order valence-corrected chi connectivity index (χ3v) is 6.06. The van der Waals surface area contributed by atoms with Crippen LogP contribution >= 0.6 is 11.3 Å². The third-order valence-electron chi connectivity index (χ3n) is 5.06. The van der Waals surface area contributed by atoms with Gasteiger partial charge < -0.3 is 23.7 Å². The molecule has 1 aliphatic rings. The Balaban J connectivity index is 1.34. The number of methoxy groups -OCH3 is 2. The van der Waals surface area contributed by atoms with Crippen LogP contribution < -0.4 is 14.2 Å². The Morgan fingerprint density at radius 2 is 1.76 bits per heavy atom. The summed E-state index contributed by atoms with van der Waals surface area (Å²) >= 11 is 1.39. The van der Waals surface area contributed by atoms with E-state index in [-0.39, 0.29) is 17.9 Å². The second-order valence-corrected chi connectivity index (χ2v) is 8.48. The van der Waals surface area contributed by atoms with E-state index in [9.17, 15) is 14.4 Å². The van der Waals surface area contributed by atoms with Crippen LogP contribution in [0.3, 0.4) is 0 Å². The van der Waals surface area contributed by atoms with Crippen molar-refractivity contribution in [3.8, 4) is 28.0 Å². The van der Waals surface area contributed by atoms with Crippen molar-refractivity contribution in [1.29, 1.82) is 0 Å². The van der Waals surface area contributed by atoms with Crippen LogP contribution in [0.1, 0.15) is 33.3 Å². The highest BCUT2D eigenvalue weighted by atomic mass is 32.1. The molecular weight excluding hydrogens is 462 g/mol. The average molecular weight is 483 g/mol. The zero-order chi connectivity index (χ0) is 24.2. The van der Waals surface area contributed by atoms with Crippen molar-refractivity contribution in [3.63, 3.8) is 0 Å². The molecule has 10 heteroatoms. The van der Waals surface area contributed by atoms with Gasteiger partial charge in [0, 0.05) is 11.1 Å². The van der Waals surface area contributed by atoms with Crippen LogP contribution in [-0.2, 0) is 19.1 Å². The number of carbonyl (C=O) groups is 3. The summed E-state index contributed by atoms with van der Waals surface area (Å²) in [4.78, 5) is 41.8. The van der Waals surface area contributed by atoms with Gasteiger partial charge in [-0.15, -0.1) is 11.3 Å². The number of ether oxygens (including phenoxy) is 5. The molecule has 0 saturated heterocycles. The first-order valence-corrected chi connectivity index (χ1v) is 11.1. The third kappa shape index (κ3) is 4.86. The standard InChI is InChI=1S/C24H21NO8S/c1-13-22(25-23(34-13)14-7-5-4-6-8-14)33-21(27)12-31-20(26)11-17-15-9-18(29-2)19(30-3)10-16(15)24(28)32-17/h4-10,17H,11-12H2,1-3H3. The van der Waals surface area contributed by atoms with Gasteiger partial charge in [0.1, 0.15) is 11.1 Å². The van der Waals surface area contributed by atoms with E-state index < -0.39 is 30.6 Å². The van der Waals surface area contributed by atoms with Crippen molar-refractivity contribution < 1.29 is 38.1 Å². The molecule has 0 N–H and O–H groups in total. The lowest BCUT2D eigenvalue weighted by Crippen LogP contribution is -2.20. The summed E-state index contributed by atoms with van der Waals surface area (Å²) in [6.07, 6.45) is -1.13. The number of aromatic nitrogens is 1. The van der Waals surface area contributed by atoms with E-state index in [2.05, 4.69) is 4.98 Å². The molecule has 0 spiro atoms. The minimum absolute atomic E-state index is 0.171. The summed E-state index contributed by atoms with van der Waals surface area (Å²) < 4.78 is 26.0. The minimum Gasteiger partial charge on any atom is -0.493 e. The Hall–Kier alpha value is -3.92. The molecule has 2 aromatic carbocycles. The maximum atomic E-state index is 12.3. The second kappa shape index (κ2) is 9.92. The van der Waals surface area contributed by atoms with Gasteiger partial charge in [-0.3, -0.25) is 4.79 Å². The number of nitrogens with zero attached hydrogens (tertiary/aromatic N) is 1. The number of thiazole rings is 1. The number of esters is 3. The van der Waals surface area contributed by atoms with Crippen molar-refractivity contribution >= 4 is 29.2 Å². The first kappa shape index (κ1) is 23.2. The highest BCUT2D eigenvalue weighted by Crippen LogP contribution is 2.40. The Bertz CT molecular complexity index is 1240. The Morgan fingerprint density at radius 1 is 1.06 bits per heavy atom. The molecule has 0 amide bonds. The molecule has 3 aromatic rings. The smallest absolute Gasteiger partial charge is 0.351 e. The largest absolute Gasteiger partial charge is 0.493 e. The van der Waals surface area contributed by atoms with Gasteiger partial charge in [-0.25, -0.2) is 14.6 Å². The lowest BCUT2D eigenvalue weighted by molar-refractivity contribution is -0.155. The van der Waals surface area contributed by atoms with Crippen molar-refractivity contribution in [2.24, 2.45) is 0 Å². The molecule has 0 radical (unpaired) electrons. The number of cyclic esters (lactones) is 1. The van der Waals surface area contributed by atoms with Crippen molar-refractivity contribution in [1.82, 2.24) is 4.98 Å². The lowest BCUT2D eigenvalue weighted by Gasteiger charge is -2.12. The molecule has 0 aliphatic carbocycles. The van der Waals surface area contributed by atoms with Crippen LogP contribution in [0.25, 0.3) is 10.6 Å². The summed E-state index contributed by atoms with van der Waals surface area (Å²) in [5.41, 5.74) is 1.67. The van der Waals surface area contributed by atoms with Crippen molar-refractivity contribution in [3.05, 3.63) is 58.5 Å². The molecule has 1 aliphatic heterocycles. The number of aryl methyl sites for hydroxylation is 1. The molecule has 176 valence electrons. The maximum absolute atomic E-state index is 12.3. The number of hydrogen-bond acceptors (Lipinski definition) is 10. The van der Waals surface area contributed by atoms with Gasteiger partial charge in [0.25, 0.3) is 0 Å². The van der Waals surface area contributed by atoms with Crippen LogP contribution in [-0.4, -0.2) is 43.7 Å². The fraction of sp³-hybridized carbons (Fsp3) is 0.250. The SMILES string of the molecule is COc1cc2c(cc1OC)C(CC(=O)OCC(=O)Oc1nc(-c3ccccc3)sc1C)OC2=O. The quantitative estimate of drug-likeness (QED) is 0.441. The Kier molecular flexibility index (Phi) is 6.78. The van der Waals surface area contributed by atoms with Crippen LogP contribution in [0.5, 0.6) is 17.4 Å². The first-order chi connectivity index (χ1) is 16.4. The minimum atomic E-state index is -0.861. The van der Waals surface area contributed by atoms with Gasteiger partial charge in [-0.05, 0) is 19.1 Å². The van der Waals surface area contributed by atoms with E-state index in [1.54, 1.807) is 13.0 Å². The fourth-order valence-electron chi connectivity index (χ4n) is 3.41. The van der Waals surface area contributed by atoms with E-state index in [0.29, 0.717) is 22.1 Å². The highest BCUT2D eigenvalue weighted by Gasteiger charge is 2.35. The predicted octanol–water partition coefficient (Wildman–Crippen LogP) is 3.89. The predicted molar refractivity (Wildman–Crippen MR) is 121 cm³/mol. The number of hydrogen-bond donors (Lipinski definition) is 0. The zero-order valence-corrected chi connectivity index (χ0v) is 19.5. The topological polar surface area (TPSA) is 110 Å². The average Bonchev–Trinajstić information content (AvgIpc) is 3.36. The van der Waals surface area contributed by atoms with E-state index in [1.165, 1.54) is 31.6 Å². The number of rotatable bonds is 8. The molecule has 34 heavy (non-hydrogen) atoms. The summed E-state index contributed by atoms with van der Waals surface area (Å²) in [5, 5.41) is 0.715. The fourth-order valence-corrected chi connectivity index (χ4v) is 4.26. The Morgan fingerprint density at radius 3 is 2.47 bits per heavy atom. The van der Waals surface area contributed by atoms with Gasteiger partial charge in [0.05, 0.1) is 31.1 Å². The number of benzene rings is 2. The molecular formula is C24H21NO8S. The van der Waals surface area contributed by atoms with Crippen LogP contribution in [0.2, 0.25) is 0 Å². The van der Waals surface area contributed by atoms with Crippen LogP contribution in [0.15, 0.2) is 42.5 Å². The molecule has 0 saturated carbocycles. The van der Waals surface area contributed by atoms with Crippen LogP contribution in [0, 0.1) is 6.92 Å². The lowest BCUT2D eigenvalue weighted by atomic mass is 10.0. The molecule has 4 rings (SSSR count). The molecule has 1 aromatic heterocycles. The van der Waals surface area contributed by atoms with Crippen molar-refractivity contribution in [2.45, 2.75) is 19.4 Å². The number of carbonyl (C=O) groups excluding carboxylic acids is 3. The normalized spacial score (nSPS) is 14.2. The maximum Gasteiger partial charge on any atom is 0.351 e. The summed E-state index contributed by atoms with van der Waals surface area (Å²) in [7, 11) is 2.91. The molecule has 0 fully saturated rings. The van der Waals surface area contributed by atoms with Gasteiger partial charge in [-0.2, -0.15) is 0 Å². The van der Waals surface area contributed by atoms with Gasteiger partial charge in [0.15, 0.2) is 18.1 Å².